The number of likely N-dealkylation sites (tertiary alicyclic amines) is 1. The Morgan fingerprint density at radius 3 is 2.18 bits per heavy atom. The Hall–Kier alpha value is -3.59. The van der Waals surface area contributed by atoms with Crippen molar-refractivity contribution in [3.8, 4) is 10.4 Å². The van der Waals surface area contributed by atoms with Crippen LogP contribution in [-0.2, 0) is 33.3 Å². The predicted octanol–water partition coefficient (Wildman–Crippen LogP) is 4.39. The van der Waals surface area contributed by atoms with Crippen molar-refractivity contribution >= 4 is 35.2 Å². The van der Waals surface area contributed by atoms with Crippen LogP contribution in [0.5, 0.6) is 0 Å². The largest absolute Gasteiger partial charge is 0.444 e. The summed E-state index contributed by atoms with van der Waals surface area (Å²) < 4.78 is 21.5. The van der Waals surface area contributed by atoms with Gasteiger partial charge in [-0.1, -0.05) is 45.0 Å². The van der Waals surface area contributed by atoms with Gasteiger partial charge in [0.25, 0.3) is 0 Å². The van der Waals surface area contributed by atoms with Gasteiger partial charge in [-0.3, -0.25) is 14.4 Å². The van der Waals surface area contributed by atoms with Crippen molar-refractivity contribution in [3.63, 3.8) is 0 Å². The number of ether oxygens (including phenoxy) is 4. The molecule has 1 aliphatic heterocycles. The zero-order valence-electron chi connectivity index (χ0n) is 30.8. The van der Waals surface area contributed by atoms with Crippen molar-refractivity contribution in [2.45, 2.75) is 92.0 Å². The second-order valence-electron chi connectivity index (χ2n) is 14.4. The molecule has 0 aliphatic carbocycles. The quantitative estimate of drug-likeness (QED) is 0.202. The molecule has 278 valence electrons. The molecule has 1 saturated heterocycles. The fraction of sp³-hybridized carbons (Fsp3) is 0.639. The number of nitrogens with one attached hydrogen (secondary N) is 3. The minimum absolute atomic E-state index is 0.182. The number of thiazole rings is 1. The van der Waals surface area contributed by atoms with Gasteiger partial charge >= 0.3 is 6.09 Å². The van der Waals surface area contributed by atoms with Crippen molar-refractivity contribution in [2.75, 3.05) is 52.7 Å². The van der Waals surface area contributed by atoms with E-state index in [2.05, 4.69) is 20.9 Å². The third-order valence-corrected chi connectivity index (χ3v) is 8.90. The second-order valence-corrected chi connectivity index (χ2v) is 15.2. The number of amides is 4. The molecular weight excluding hydrogens is 662 g/mol. The van der Waals surface area contributed by atoms with Crippen LogP contribution in [0.2, 0.25) is 0 Å². The van der Waals surface area contributed by atoms with E-state index in [-0.39, 0.29) is 37.7 Å². The number of hydrogen-bond donors (Lipinski definition) is 3. The summed E-state index contributed by atoms with van der Waals surface area (Å²) >= 11 is 1.59. The zero-order valence-corrected chi connectivity index (χ0v) is 31.6. The van der Waals surface area contributed by atoms with Crippen LogP contribution in [-0.4, -0.2) is 104 Å². The molecule has 0 bridgehead atoms. The molecule has 14 heteroatoms. The maximum atomic E-state index is 13.8. The number of hydrogen-bond acceptors (Lipinski definition) is 10. The third kappa shape index (κ3) is 13.3. The Labute approximate surface area is 300 Å². The van der Waals surface area contributed by atoms with Crippen LogP contribution in [0.1, 0.15) is 78.6 Å². The molecular formula is C36H55N5O8S. The molecule has 1 fully saturated rings. The molecule has 1 aliphatic rings. The van der Waals surface area contributed by atoms with Gasteiger partial charge in [-0.15, -0.1) is 11.3 Å². The summed E-state index contributed by atoms with van der Waals surface area (Å²) in [5.41, 5.74) is 3.70. The minimum atomic E-state index is -0.842. The number of carbonyl (C=O) groups is 4. The highest BCUT2D eigenvalue weighted by atomic mass is 32.1. The fourth-order valence-electron chi connectivity index (χ4n) is 5.36. The van der Waals surface area contributed by atoms with Crippen LogP contribution in [0.3, 0.4) is 0 Å². The number of rotatable bonds is 17. The normalized spacial score (nSPS) is 16.1. The van der Waals surface area contributed by atoms with Crippen LogP contribution < -0.4 is 16.0 Å². The van der Waals surface area contributed by atoms with Gasteiger partial charge in [0.1, 0.15) is 24.3 Å². The van der Waals surface area contributed by atoms with E-state index >= 15 is 0 Å². The van der Waals surface area contributed by atoms with Crippen LogP contribution in [0.4, 0.5) is 4.79 Å². The molecule has 50 heavy (non-hydrogen) atoms. The standard InChI is InChI=1S/C36H55N5O8S/c1-24(26-11-13-27(14-12-26)30-25(2)38-23-50-30)39-32(43)28-10-9-16-41(28)33(44)31(35(3,4)5)40-29(42)22-48-21-20-47-19-18-46-17-15-37-34(45)49-36(6,7)8/h11-14,23-24,28,31H,9-10,15-22H2,1-8H3,(H,37,45)(H,39,43)(H,40,42)/t24-,28?,31?/m0/s1. The van der Waals surface area contributed by atoms with Crippen molar-refractivity contribution in [2.24, 2.45) is 5.41 Å². The van der Waals surface area contributed by atoms with Gasteiger partial charge in [-0.2, -0.15) is 0 Å². The predicted molar refractivity (Wildman–Crippen MR) is 192 cm³/mol. The summed E-state index contributed by atoms with van der Waals surface area (Å²) in [5.74, 6) is -0.925. The average Bonchev–Trinajstić information content (AvgIpc) is 3.70. The van der Waals surface area contributed by atoms with Gasteiger partial charge in [0.05, 0.1) is 55.2 Å². The van der Waals surface area contributed by atoms with E-state index in [1.807, 2.05) is 64.4 Å². The number of aromatic nitrogens is 1. The third-order valence-electron chi connectivity index (χ3n) is 7.93. The molecule has 3 atom stereocenters. The molecule has 3 N–H and O–H groups in total. The first-order valence-electron chi connectivity index (χ1n) is 17.2. The summed E-state index contributed by atoms with van der Waals surface area (Å²) in [7, 11) is 0. The fourth-order valence-corrected chi connectivity index (χ4v) is 6.17. The number of alkyl carbamates (subject to hydrolysis) is 1. The van der Waals surface area contributed by atoms with Crippen LogP contribution in [0, 0.1) is 12.3 Å². The van der Waals surface area contributed by atoms with E-state index in [1.54, 1.807) is 37.0 Å². The maximum absolute atomic E-state index is 13.8. The van der Waals surface area contributed by atoms with Crippen LogP contribution in [0.15, 0.2) is 29.8 Å². The topological polar surface area (TPSA) is 157 Å². The number of carbonyl (C=O) groups excluding carboxylic acids is 4. The lowest BCUT2D eigenvalue weighted by Gasteiger charge is -2.35. The first-order valence-corrected chi connectivity index (χ1v) is 18.1. The van der Waals surface area contributed by atoms with E-state index in [9.17, 15) is 19.2 Å². The molecule has 0 saturated carbocycles. The van der Waals surface area contributed by atoms with E-state index in [0.29, 0.717) is 45.8 Å². The Kier molecular flexibility index (Phi) is 15.6. The molecule has 13 nitrogen and oxygen atoms in total. The van der Waals surface area contributed by atoms with Crippen LogP contribution in [0.25, 0.3) is 10.4 Å². The summed E-state index contributed by atoms with van der Waals surface area (Å²) in [6.45, 7) is 16.9. The SMILES string of the molecule is Cc1ncsc1-c1ccc([C@H](C)NC(=O)C2CCCN2C(=O)C(NC(=O)COCCOCCOCCNC(=O)OC(C)(C)C)C(C)(C)C)cc1. The maximum Gasteiger partial charge on any atom is 0.407 e. The number of nitrogens with zero attached hydrogens (tertiary/aromatic N) is 2. The monoisotopic (exact) mass is 717 g/mol. The van der Waals surface area contributed by atoms with E-state index in [4.69, 9.17) is 18.9 Å². The Morgan fingerprint density at radius 1 is 0.940 bits per heavy atom. The lowest BCUT2D eigenvalue weighted by Crippen LogP contribution is -2.58. The molecule has 2 unspecified atom stereocenters. The molecule has 4 amide bonds. The zero-order chi connectivity index (χ0) is 36.9. The summed E-state index contributed by atoms with van der Waals surface area (Å²) in [6.07, 6.45) is 0.755. The highest BCUT2D eigenvalue weighted by molar-refractivity contribution is 7.13. The lowest BCUT2D eigenvalue weighted by molar-refractivity contribution is -0.144. The van der Waals surface area contributed by atoms with E-state index < -0.39 is 35.1 Å². The smallest absolute Gasteiger partial charge is 0.407 e. The summed E-state index contributed by atoms with van der Waals surface area (Å²) in [5, 5.41) is 8.54. The van der Waals surface area contributed by atoms with Crippen molar-refractivity contribution in [3.05, 3.63) is 41.0 Å². The lowest BCUT2D eigenvalue weighted by atomic mass is 9.85. The second kappa shape index (κ2) is 19.1. The van der Waals surface area contributed by atoms with Gasteiger partial charge in [0.15, 0.2) is 0 Å². The van der Waals surface area contributed by atoms with E-state index in [1.165, 1.54) is 0 Å². The number of aryl methyl sites for hydroxylation is 1. The first-order chi connectivity index (χ1) is 23.6. The van der Waals surface area contributed by atoms with Crippen molar-refractivity contribution in [1.29, 1.82) is 0 Å². The van der Waals surface area contributed by atoms with Gasteiger partial charge in [0, 0.05) is 13.1 Å². The Bertz CT molecular complexity index is 1400. The van der Waals surface area contributed by atoms with Gasteiger partial charge < -0.3 is 39.8 Å². The molecule has 2 aromatic rings. The molecule has 1 aromatic carbocycles. The minimum Gasteiger partial charge on any atom is -0.444 e. The molecule has 2 heterocycles. The van der Waals surface area contributed by atoms with Crippen molar-refractivity contribution in [1.82, 2.24) is 25.8 Å². The molecule has 3 rings (SSSR count). The van der Waals surface area contributed by atoms with Gasteiger partial charge in [0.2, 0.25) is 17.7 Å². The molecule has 0 spiro atoms. The first kappa shape index (κ1) is 40.8. The van der Waals surface area contributed by atoms with Gasteiger partial charge in [-0.05, 0) is 64.0 Å². The summed E-state index contributed by atoms with van der Waals surface area (Å²) in [6, 6.07) is 6.35. The average molecular weight is 718 g/mol. The highest BCUT2D eigenvalue weighted by Crippen LogP contribution is 2.29. The highest BCUT2D eigenvalue weighted by Gasteiger charge is 2.42. The van der Waals surface area contributed by atoms with E-state index in [0.717, 1.165) is 21.7 Å². The molecule has 1 aromatic heterocycles. The number of benzene rings is 1. The van der Waals surface area contributed by atoms with Gasteiger partial charge in [-0.25, -0.2) is 9.78 Å². The molecule has 0 radical (unpaired) electrons. The van der Waals surface area contributed by atoms with Crippen molar-refractivity contribution < 1.29 is 38.1 Å². The Morgan fingerprint density at radius 2 is 1.58 bits per heavy atom. The summed E-state index contributed by atoms with van der Waals surface area (Å²) in [4.78, 5) is 58.8. The van der Waals surface area contributed by atoms with Crippen LogP contribution >= 0.6 is 11.3 Å². The Balaban J connectivity index is 1.39.